The molecular formula is C15H14N6OS. The topological polar surface area (TPSA) is 70.1 Å². The van der Waals surface area contributed by atoms with Gasteiger partial charge in [-0.25, -0.2) is 0 Å². The predicted octanol–water partition coefficient (Wildman–Crippen LogP) is 2.19. The largest absolute Gasteiger partial charge is 0.497 e. The van der Waals surface area contributed by atoms with Gasteiger partial charge in [0, 0.05) is 19.7 Å². The van der Waals surface area contributed by atoms with Crippen LogP contribution in [0.4, 0.5) is 0 Å². The summed E-state index contributed by atoms with van der Waals surface area (Å²) in [5.74, 6) is 1.57. The van der Waals surface area contributed by atoms with Crippen molar-refractivity contribution in [3.63, 3.8) is 0 Å². The maximum atomic E-state index is 5.18. The summed E-state index contributed by atoms with van der Waals surface area (Å²) in [7, 11) is 3.54. The van der Waals surface area contributed by atoms with Crippen LogP contribution in [-0.2, 0) is 13.5 Å². The van der Waals surface area contributed by atoms with Crippen molar-refractivity contribution in [2.24, 2.45) is 7.05 Å². The van der Waals surface area contributed by atoms with Crippen molar-refractivity contribution in [3.8, 4) is 17.1 Å². The van der Waals surface area contributed by atoms with E-state index in [0.717, 1.165) is 27.7 Å². The van der Waals surface area contributed by atoms with Crippen molar-refractivity contribution in [1.82, 2.24) is 29.6 Å². The highest BCUT2D eigenvalue weighted by atomic mass is 32.1. The fourth-order valence-electron chi connectivity index (χ4n) is 2.36. The molecule has 0 radical (unpaired) electrons. The molecule has 0 unspecified atom stereocenters. The fourth-order valence-corrected chi connectivity index (χ4v) is 3.23. The zero-order valence-electron chi connectivity index (χ0n) is 12.7. The normalized spacial score (nSPS) is 11.2. The Morgan fingerprint density at radius 2 is 2.00 bits per heavy atom. The van der Waals surface area contributed by atoms with Gasteiger partial charge in [-0.15, -0.1) is 10.2 Å². The summed E-state index contributed by atoms with van der Waals surface area (Å²) < 4.78 is 8.69. The van der Waals surface area contributed by atoms with Crippen LogP contribution in [0.3, 0.4) is 0 Å². The average Bonchev–Trinajstić information content (AvgIpc) is 3.23. The monoisotopic (exact) mass is 326 g/mol. The van der Waals surface area contributed by atoms with Crippen LogP contribution in [0.25, 0.3) is 16.3 Å². The predicted molar refractivity (Wildman–Crippen MR) is 86.7 cm³/mol. The van der Waals surface area contributed by atoms with Crippen molar-refractivity contribution in [3.05, 3.63) is 47.2 Å². The molecule has 3 heterocycles. The summed E-state index contributed by atoms with van der Waals surface area (Å²) in [5, 5.41) is 18.2. The Morgan fingerprint density at radius 1 is 1.17 bits per heavy atom. The Hall–Kier alpha value is -2.74. The van der Waals surface area contributed by atoms with E-state index in [1.54, 1.807) is 33.8 Å². The van der Waals surface area contributed by atoms with Gasteiger partial charge in [0.05, 0.1) is 18.9 Å². The Kier molecular flexibility index (Phi) is 3.30. The molecule has 0 aliphatic heterocycles. The van der Waals surface area contributed by atoms with Crippen LogP contribution in [-0.4, -0.2) is 36.7 Å². The first-order valence-electron chi connectivity index (χ1n) is 7.06. The quantitative estimate of drug-likeness (QED) is 0.575. The number of rotatable bonds is 4. The van der Waals surface area contributed by atoms with Crippen LogP contribution < -0.4 is 4.74 Å². The molecule has 116 valence electrons. The minimum absolute atomic E-state index is 0.713. The van der Waals surface area contributed by atoms with Gasteiger partial charge in [-0.3, -0.25) is 4.68 Å². The van der Waals surface area contributed by atoms with Crippen molar-refractivity contribution < 1.29 is 4.74 Å². The van der Waals surface area contributed by atoms with Crippen LogP contribution in [0.1, 0.15) is 10.6 Å². The molecule has 4 aromatic rings. The second-order valence-corrected chi connectivity index (χ2v) is 6.18. The van der Waals surface area contributed by atoms with E-state index in [1.807, 2.05) is 37.5 Å². The van der Waals surface area contributed by atoms with Gasteiger partial charge in [0.15, 0.2) is 5.82 Å². The van der Waals surface area contributed by atoms with Crippen LogP contribution >= 0.6 is 11.3 Å². The smallest absolute Gasteiger partial charge is 0.234 e. The molecule has 3 aromatic heterocycles. The molecule has 0 aliphatic rings. The molecule has 1 aromatic carbocycles. The third-order valence-electron chi connectivity index (χ3n) is 3.51. The highest BCUT2D eigenvalue weighted by molar-refractivity contribution is 7.16. The number of hydrogen-bond acceptors (Lipinski definition) is 6. The summed E-state index contributed by atoms with van der Waals surface area (Å²) >= 11 is 1.54. The first-order chi connectivity index (χ1) is 11.2. The van der Waals surface area contributed by atoms with E-state index in [-0.39, 0.29) is 0 Å². The number of aromatic nitrogens is 6. The Labute approximate surface area is 136 Å². The van der Waals surface area contributed by atoms with E-state index < -0.39 is 0 Å². The molecule has 0 saturated heterocycles. The summed E-state index contributed by atoms with van der Waals surface area (Å²) in [6.07, 6.45) is 4.42. The molecule has 0 atom stereocenters. The molecule has 0 saturated carbocycles. The first-order valence-corrected chi connectivity index (χ1v) is 7.87. The lowest BCUT2D eigenvalue weighted by molar-refractivity contribution is 0.414. The van der Waals surface area contributed by atoms with Gasteiger partial charge < -0.3 is 4.74 Å². The molecule has 8 heteroatoms. The van der Waals surface area contributed by atoms with Crippen LogP contribution in [0.2, 0.25) is 0 Å². The minimum Gasteiger partial charge on any atom is -0.497 e. The SMILES string of the molecule is COc1ccc(Cc2nn3c(-c4cnn(C)c4)nnc3s2)cc1. The van der Waals surface area contributed by atoms with Crippen molar-refractivity contribution >= 4 is 16.3 Å². The number of methoxy groups -OCH3 is 1. The van der Waals surface area contributed by atoms with Crippen molar-refractivity contribution in [2.75, 3.05) is 7.11 Å². The molecule has 7 nitrogen and oxygen atoms in total. The molecule has 4 rings (SSSR count). The Balaban J connectivity index is 1.65. The second kappa shape index (κ2) is 5.47. The maximum absolute atomic E-state index is 5.18. The maximum Gasteiger partial charge on any atom is 0.234 e. The third kappa shape index (κ3) is 2.57. The highest BCUT2D eigenvalue weighted by Gasteiger charge is 2.14. The number of benzene rings is 1. The standard InChI is InChI=1S/C15H14N6OS/c1-20-9-11(8-16-20)14-17-18-15-21(14)19-13(23-15)7-10-3-5-12(22-2)6-4-10/h3-6,8-9H,7H2,1-2H3. The van der Waals surface area contributed by atoms with E-state index in [1.165, 1.54) is 5.56 Å². The van der Waals surface area contributed by atoms with Gasteiger partial charge in [-0.2, -0.15) is 14.7 Å². The summed E-state index contributed by atoms with van der Waals surface area (Å²) in [6, 6.07) is 8.00. The first kappa shape index (κ1) is 13.9. The van der Waals surface area contributed by atoms with E-state index >= 15 is 0 Å². The second-order valence-electron chi connectivity index (χ2n) is 5.14. The lowest BCUT2D eigenvalue weighted by Crippen LogP contribution is -1.93. The van der Waals surface area contributed by atoms with Crippen LogP contribution in [0, 0.1) is 0 Å². The van der Waals surface area contributed by atoms with Crippen molar-refractivity contribution in [2.45, 2.75) is 6.42 Å². The number of ether oxygens (including phenoxy) is 1. The van der Waals surface area contributed by atoms with Gasteiger partial charge in [0.1, 0.15) is 10.8 Å². The Morgan fingerprint density at radius 3 is 2.70 bits per heavy atom. The molecule has 23 heavy (non-hydrogen) atoms. The average molecular weight is 326 g/mol. The number of aryl methyl sites for hydroxylation is 1. The van der Waals surface area contributed by atoms with Crippen LogP contribution in [0.5, 0.6) is 5.75 Å². The number of nitrogens with zero attached hydrogens (tertiary/aromatic N) is 6. The minimum atomic E-state index is 0.713. The van der Waals surface area contributed by atoms with E-state index in [9.17, 15) is 0 Å². The zero-order valence-corrected chi connectivity index (χ0v) is 13.5. The Bertz CT molecular complexity index is 952. The molecule has 0 fully saturated rings. The highest BCUT2D eigenvalue weighted by Crippen LogP contribution is 2.23. The molecular weight excluding hydrogens is 312 g/mol. The van der Waals surface area contributed by atoms with Gasteiger partial charge in [0.2, 0.25) is 4.96 Å². The number of fused-ring (bicyclic) bond motifs is 1. The summed E-state index contributed by atoms with van der Waals surface area (Å²) in [5.41, 5.74) is 2.08. The lowest BCUT2D eigenvalue weighted by atomic mass is 10.1. The molecule has 0 amide bonds. The van der Waals surface area contributed by atoms with Gasteiger partial charge in [0.25, 0.3) is 0 Å². The van der Waals surface area contributed by atoms with Gasteiger partial charge >= 0.3 is 0 Å². The lowest BCUT2D eigenvalue weighted by Gasteiger charge is -2.01. The molecule has 0 spiro atoms. The zero-order chi connectivity index (χ0) is 15.8. The van der Waals surface area contributed by atoms with E-state index in [4.69, 9.17) is 4.74 Å². The fraction of sp³-hybridized carbons (Fsp3) is 0.200. The van der Waals surface area contributed by atoms with E-state index in [0.29, 0.717) is 5.82 Å². The number of hydrogen-bond donors (Lipinski definition) is 0. The van der Waals surface area contributed by atoms with Crippen LogP contribution in [0.15, 0.2) is 36.7 Å². The summed E-state index contributed by atoms with van der Waals surface area (Å²) in [6.45, 7) is 0. The van der Waals surface area contributed by atoms with Gasteiger partial charge in [-0.1, -0.05) is 23.5 Å². The third-order valence-corrected chi connectivity index (χ3v) is 4.41. The molecule has 0 bridgehead atoms. The van der Waals surface area contributed by atoms with E-state index in [2.05, 4.69) is 20.4 Å². The molecule has 0 aliphatic carbocycles. The summed E-state index contributed by atoms with van der Waals surface area (Å²) in [4.78, 5) is 0.785. The van der Waals surface area contributed by atoms with Gasteiger partial charge in [-0.05, 0) is 17.7 Å². The van der Waals surface area contributed by atoms with Crippen molar-refractivity contribution in [1.29, 1.82) is 0 Å². The molecule has 0 N–H and O–H groups in total.